The Bertz CT molecular complexity index is 2370. The van der Waals surface area contributed by atoms with Crippen LogP contribution in [0, 0.1) is 0 Å². The third-order valence-corrected chi connectivity index (χ3v) is 10.5. The Hall–Kier alpha value is -5.45. The average molecular weight is 608 g/mol. The van der Waals surface area contributed by atoms with Gasteiger partial charge in [-0.25, -0.2) is 15.0 Å². The number of rotatable bonds is 4. The minimum absolute atomic E-state index is 0.0858. The molecule has 1 aliphatic carbocycles. The zero-order chi connectivity index (χ0) is 30.8. The number of benzene rings is 6. The zero-order valence-corrected chi connectivity index (χ0v) is 26.3. The summed E-state index contributed by atoms with van der Waals surface area (Å²) in [5.41, 5.74) is 10.8. The van der Waals surface area contributed by atoms with E-state index in [0.29, 0.717) is 17.5 Å². The summed E-state index contributed by atoms with van der Waals surface area (Å²) in [6.07, 6.45) is 0. The molecule has 0 bridgehead atoms. The lowest BCUT2D eigenvalue weighted by Gasteiger charge is -2.22. The molecule has 0 fully saturated rings. The van der Waals surface area contributed by atoms with Gasteiger partial charge in [-0.2, -0.15) is 0 Å². The smallest absolute Gasteiger partial charge is 0.164 e. The summed E-state index contributed by atoms with van der Waals surface area (Å²) >= 11 is 1.91. The molecule has 0 saturated heterocycles. The number of fused-ring (bicyclic) bond motifs is 7. The summed E-state index contributed by atoms with van der Waals surface area (Å²) in [6.45, 7) is 4.72. The molecule has 0 aliphatic heterocycles. The van der Waals surface area contributed by atoms with E-state index in [0.717, 1.165) is 16.7 Å². The lowest BCUT2D eigenvalue weighted by atomic mass is 9.81. The topological polar surface area (TPSA) is 38.7 Å². The molecule has 2 aromatic heterocycles. The van der Waals surface area contributed by atoms with E-state index < -0.39 is 0 Å². The van der Waals surface area contributed by atoms with Gasteiger partial charge in [0.25, 0.3) is 0 Å². The molecular formula is C42H29N3S. The summed E-state index contributed by atoms with van der Waals surface area (Å²) in [5.74, 6) is 2.00. The Morgan fingerprint density at radius 1 is 0.478 bits per heavy atom. The summed E-state index contributed by atoms with van der Waals surface area (Å²) in [4.78, 5) is 14.8. The number of hydrogen-bond acceptors (Lipinski definition) is 4. The van der Waals surface area contributed by atoms with E-state index in [1.165, 1.54) is 53.6 Å². The van der Waals surface area contributed by atoms with Crippen molar-refractivity contribution >= 4 is 31.5 Å². The average Bonchev–Trinajstić information content (AvgIpc) is 3.61. The summed E-state index contributed by atoms with van der Waals surface area (Å²) in [5, 5.41) is 2.64. The lowest BCUT2D eigenvalue weighted by Crippen LogP contribution is -2.14. The summed E-state index contributed by atoms with van der Waals surface area (Å²) in [7, 11) is 0. The molecule has 0 amide bonds. The largest absolute Gasteiger partial charge is 0.208 e. The van der Waals surface area contributed by atoms with Crippen LogP contribution >= 0.6 is 11.3 Å². The first-order valence-corrected chi connectivity index (χ1v) is 16.4. The van der Waals surface area contributed by atoms with Gasteiger partial charge < -0.3 is 0 Å². The first-order chi connectivity index (χ1) is 22.6. The number of aromatic nitrogens is 3. The molecule has 218 valence electrons. The Morgan fingerprint density at radius 3 is 1.65 bits per heavy atom. The van der Waals surface area contributed by atoms with Gasteiger partial charge in [0, 0.05) is 47.8 Å². The van der Waals surface area contributed by atoms with Crippen LogP contribution in [-0.2, 0) is 5.41 Å². The monoisotopic (exact) mass is 607 g/mol. The van der Waals surface area contributed by atoms with Gasteiger partial charge in [0.1, 0.15) is 0 Å². The third kappa shape index (κ3) is 4.14. The minimum Gasteiger partial charge on any atom is -0.208 e. The van der Waals surface area contributed by atoms with Crippen molar-refractivity contribution in [2.45, 2.75) is 19.3 Å². The van der Waals surface area contributed by atoms with Gasteiger partial charge in [-0.1, -0.05) is 141 Å². The summed E-state index contributed by atoms with van der Waals surface area (Å²) < 4.78 is 2.69. The van der Waals surface area contributed by atoms with Crippen LogP contribution in [-0.4, -0.2) is 15.0 Å². The second kappa shape index (κ2) is 10.3. The maximum atomic E-state index is 4.95. The van der Waals surface area contributed by atoms with E-state index in [4.69, 9.17) is 15.0 Å². The van der Waals surface area contributed by atoms with Crippen LogP contribution in [0.5, 0.6) is 0 Å². The van der Waals surface area contributed by atoms with E-state index >= 15 is 0 Å². The van der Waals surface area contributed by atoms with Crippen LogP contribution in [0.15, 0.2) is 140 Å². The maximum Gasteiger partial charge on any atom is 0.164 e. The SMILES string of the molecule is CC1(C)c2ccccc2-c2c1cc(-c1ccc(-c3nc(-c4ccccc4)nc(-c4ccccc4)n3)cc1)c1c2sc2ccccc21. The van der Waals surface area contributed by atoms with Gasteiger partial charge in [-0.15, -0.1) is 11.3 Å². The molecule has 8 aromatic rings. The molecule has 9 rings (SSSR count). The highest BCUT2D eigenvalue weighted by molar-refractivity contribution is 7.26. The van der Waals surface area contributed by atoms with Crippen molar-refractivity contribution < 1.29 is 0 Å². The van der Waals surface area contributed by atoms with Gasteiger partial charge in [0.05, 0.1) is 0 Å². The van der Waals surface area contributed by atoms with E-state index in [-0.39, 0.29) is 5.41 Å². The van der Waals surface area contributed by atoms with Gasteiger partial charge >= 0.3 is 0 Å². The second-order valence-corrected chi connectivity index (χ2v) is 13.5. The first kappa shape index (κ1) is 26.9. The molecule has 0 spiro atoms. The third-order valence-electron chi connectivity index (χ3n) is 9.35. The van der Waals surface area contributed by atoms with Crippen molar-refractivity contribution in [2.24, 2.45) is 0 Å². The fraction of sp³-hybridized carbons (Fsp3) is 0.0714. The second-order valence-electron chi connectivity index (χ2n) is 12.4. The quantitative estimate of drug-likeness (QED) is 0.200. The van der Waals surface area contributed by atoms with Crippen molar-refractivity contribution in [3.05, 3.63) is 151 Å². The molecule has 0 unspecified atom stereocenters. The maximum absolute atomic E-state index is 4.95. The Labute approximate surface area is 271 Å². The van der Waals surface area contributed by atoms with Crippen molar-refractivity contribution in [1.82, 2.24) is 15.0 Å². The van der Waals surface area contributed by atoms with E-state index in [1.807, 2.05) is 72.0 Å². The molecule has 2 heterocycles. The van der Waals surface area contributed by atoms with Crippen molar-refractivity contribution in [1.29, 1.82) is 0 Å². The number of nitrogens with zero attached hydrogens (tertiary/aromatic N) is 3. The van der Waals surface area contributed by atoms with E-state index in [2.05, 4.69) is 92.7 Å². The normalized spacial score (nSPS) is 13.2. The molecular weight excluding hydrogens is 579 g/mol. The van der Waals surface area contributed by atoms with Crippen LogP contribution in [0.1, 0.15) is 25.0 Å². The molecule has 0 atom stereocenters. The van der Waals surface area contributed by atoms with Gasteiger partial charge in [-0.05, 0) is 39.9 Å². The molecule has 4 heteroatoms. The predicted octanol–water partition coefficient (Wildman–Crippen LogP) is 11.2. The number of hydrogen-bond donors (Lipinski definition) is 0. The molecule has 3 nitrogen and oxygen atoms in total. The molecule has 46 heavy (non-hydrogen) atoms. The van der Waals surface area contributed by atoms with Crippen molar-refractivity contribution in [3.63, 3.8) is 0 Å². The number of thiophene rings is 1. The predicted molar refractivity (Wildman–Crippen MR) is 192 cm³/mol. The molecule has 1 aliphatic rings. The van der Waals surface area contributed by atoms with Gasteiger partial charge in [0.15, 0.2) is 17.5 Å². The van der Waals surface area contributed by atoms with Crippen molar-refractivity contribution in [2.75, 3.05) is 0 Å². The molecule has 6 aromatic carbocycles. The standard InChI is InChI=1S/C42H29N3S/c1-42(2)33-19-11-9-17-30(33)37-34(42)25-32(36-31-18-10-12-20-35(31)46-38(36)37)26-21-23-29(24-22-26)41-44-39(27-13-5-3-6-14-27)43-40(45-41)28-15-7-4-8-16-28/h3-25H,1-2H3. The Morgan fingerprint density at radius 2 is 1.00 bits per heavy atom. The van der Waals surface area contributed by atoms with Crippen LogP contribution < -0.4 is 0 Å². The Kier molecular flexibility index (Phi) is 6.02. The fourth-order valence-corrected chi connectivity index (χ4v) is 8.31. The van der Waals surface area contributed by atoms with Crippen LogP contribution in [0.4, 0.5) is 0 Å². The minimum atomic E-state index is -0.0858. The molecule has 0 N–H and O–H groups in total. The van der Waals surface area contributed by atoms with E-state index in [1.54, 1.807) is 0 Å². The van der Waals surface area contributed by atoms with E-state index in [9.17, 15) is 0 Å². The first-order valence-electron chi connectivity index (χ1n) is 15.6. The fourth-order valence-electron chi connectivity index (χ4n) is 7.02. The van der Waals surface area contributed by atoms with Crippen molar-refractivity contribution in [3.8, 4) is 56.4 Å². The highest BCUT2D eigenvalue weighted by atomic mass is 32.1. The van der Waals surface area contributed by atoms with Gasteiger partial charge in [0.2, 0.25) is 0 Å². The van der Waals surface area contributed by atoms with Crippen LogP contribution in [0.3, 0.4) is 0 Å². The lowest BCUT2D eigenvalue weighted by molar-refractivity contribution is 0.661. The van der Waals surface area contributed by atoms with Gasteiger partial charge in [-0.3, -0.25) is 0 Å². The molecule has 0 saturated carbocycles. The summed E-state index contributed by atoms with van der Waals surface area (Å²) in [6, 6.07) is 49.2. The molecule has 0 radical (unpaired) electrons. The van der Waals surface area contributed by atoms with Crippen LogP contribution in [0.25, 0.3) is 76.6 Å². The highest BCUT2D eigenvalue weighted by Crippen LogP contribution is 2.56. The highest BCUT2D eigenvalue weighted by Gasteiger charge is 2.37. The Balaban J connectivity index is 1.22. The zero-order valence-electron chi connectivity index (χ0n) is 25.5. The van der Waals surface area contributed by atoms with Crippen LogP contribution in [0.2, 0.25) is 0 Å².